The van der Waals surface area contributed by atoms with Crippen LogP contribution in [0.5, 0.6) is 0 Å². The Morgan fingerprint density at radius 3 is 2.65 bits per heavy atom. The Morgan fingerprint density at radius 2 is 1.92 bits per heavy atom. The highest BCUT2D eigenvalue weighted by Gasteiger charge is 2.15. The molecule has 0 aliphatic rings. The summed E-state index contributed by atoms with van der Waals surface area (Å²) in [5.41, 5.74) is 1.73. The van der Waals surface area contributed by atoms with Crippen molar-refractivity contribution in [3.8, 4) is 0 Å². The lowest BCUT2D eigenvalue weighted by molar-refractivity contribution is 0.569. The molecule has 8 heteroatoms. The first-order valence-electron chi connectivity index (χ1n) is 8.18. The smallest absolute Gasteiger partial charge is 0.216 e. The van der Waals surface area contributed by atoms with Gasteiger partial charge in [-0.25, -0.2) is 18.1 Å². The van der Waals surface area contributed by atoms with Gasteiger partial charge < -0.3 is 5.32 Å². The Bertz CT molecular complexity index is 1020. The number of aromatic nitrogens is 1. The van der Waals surface area contributed by atoms with Crippen LogP contribution < -0.4 is 10.0 Å². The summed E-state index contributed by atoms with van der Waals surface area (Å²) in [6, 6.07) is 9.50. The van der Waals surface area contributed by atoms with Crippen LogP contribution in [0.15, 0.2) is 46.4 Å². The second-order valence-corrected chi connectivity index (χ2v) is 9.80. The predicted octanol–water partition coefficient (Wildman–Crippen LogP) is 4.50. The van der Waals surface area contributed by atoms with Crippen molar-refractivity contribution in [2.75, 3.05) is 5.32 Å². The van der Waals surface area contributed by atoms with Gasteiger partial charge in [-0.15, -0.1) is 11.3 Å². The van der Waals surface area contributed by atoms with Crippen LogP contribution in [0.1, 0.15) is 25.0 Å². The Kier molecular flexibility index (Phi) is 5.96. The fourth-order valence-corrected chi connectivity index (χ4v) is 5.65. The van der Waals surface area contributed by atoms with Gasteiger partial charge in [0.25, 0.3) is 0 Å². The molecule has 26 heavy (non-hydrogen) atoms. The first-order chi connectivity index (χ1) is 12.4. The highest BCUT2D eigenvalue weighted by molar-refractivity contribution is 9.10. The third kappa shape index (κ3) is 4.62. The zero-order chi connectivity index (χ0) is 18.7. The molecule has 0 aliphatic heterocycles. The van der Waals surface area contributed by atoms with Crippen molar-refractivity contribution in [2.45, 2.75) is 32.2 Å². The normalized spacial score (nSPS) is 12.0. The van der Waals surface area contributed by atoms with Gasteiger partial charge in [-0.1, -0.05) is 24.3 Å². The van der Waals surface area contributed by atoms with E-state index >= 15 is 0 Å². The lowest BCUT2D eigenvalue weighted by Gasteiger charge is -2.14. The molecule has 138 valence electrons. The van der Waals surface area contributed by atoms with Crippen molar-refractivity contribution in [3.63, 3.8) is 0 Å². The van der Waals surface area contributed by atoms with Gasteiger partial charge in [0, 0.05) is 28.6 Å². The van der Waals surface area contributed by atoms with E-state index in [0.717, 1.165) is 31.5 Å². The zero-order valence-corrected chi connectivity index (χ0v) is 17.7. The number of rotatable bonds is 7. The van der Waals surface area contributed by atoms with Crippen LogP contribution in [0.3, 0.4) is 0 Å². The molecule has 0 fully saturated rings. The summed E-state index contributed by atoms with van der Waals surface area (Å²) in [6.07, 6.45) is 1.78. The molecule has 0 aliphatic carbocycles. The SMILES string of the molecule is CC(C)NS(=O)(=O)Cc1ccccc1CNc1ncc(Br)c2ccsc12. The van der Waals surface area contributed by atoms with Crippen LogP contribution in [-0.2, 0) is 22.3 Å². The molecule has 0 spiro atoms. The molecule has 0 bridgehead atoms. The molecular formula is C18H20BrN3O2S2. The topological polar surface area (TPSA) is 71.1 Å². The summed E-state index contributed by atoms with van der Waals surface area (Å²) in [5, 5.41) is 6.49. The van der Waals surface area contributed by atoms with Crippen LogP contribution in [-0.4, -0.2) is 19.4 Å². The number of pyridine rings is 1. The number of sulfonamides is 1. The van der Waals surface area contributed by atoms with Crippen LogP contribution in [0.2, 0.25) is 0 Å². The van der Waals surface area contributed by atoms with Gasteiger partial charge in [-0.3, -0.25) is 0 Å². The van der Waals surface area contributed by atoms with Crippen molar-refractivity contribution in [1.82, 2.24) is 9.71 Å². The minimum Gasteiger partial charge on any atom is -0.365 e. The highest BCUT2D eigenvalue weighted by atomic mass is 79.9. The number of nitrogens with zero attached hydrogens (tertiary/aromatic N) is 1. The summed E-state index contributed by atoms with van der Waals surface area (Å²) < 4.78 is 29.2. The van der Waals surface area contributed by atoms with Gasteiger partial charge >= 0.3 is 0 Å². The van der Waals surface area contributed by atoms with E-state index in [2.05, 4.69) is 37.0 Å². The Morgan fingerprint density at radius 1 is 1.19 bits per heavy atom. The summed E-state index contributed by atoms with van der Waals surface area (Å²) in [6.45, 7) is 4.14. The maximum absolute atomic E-state index is 12.3. The number of nitrogens with one attached hydrogen (secondary N) is 2. The van der Waals surface area contributed by atoms with Gasteiger partial charge in [-0.05, 0) is 52.4 Å². The van der Waals surface area contributed by atoms with Crippen molar-refractivity contribution in [3.05, 3.63) is 57.5 Å². The number of benzene rings is 1. The third-order valence-corrected chi connectivity index (χ3v) is 6.84. The lowest BCUT2D eigenvalue weighted by atomic mass is 10.1. The Labute approximate surface area is 166 Å². The monoisotopic (exact) mass is 453 g/mol. The molecule has 3 aromatic rings. The van der Waals surface area contributed by atoms with Crippen molar-refractivity contribution in [1.29, 1.82) is 0 Å². The fraction of sp³-hybridized carbons (Fsp3) is 0.278. The first-order valence-corrected chi connectivity index (χ1v) is 11.5. The van der Waals surface area contributed by atoms with Gasteiger partial charge in [0.2, 0.25) is 10.0 Å². The fourth-order valence-electron chi connectivity index (χ4n) is 2.71. The third-order valence-electron chi connectivity index (χ3n) is 3.77. The standard InChI is InChI=1S/C18H20BrN3O2S2/c1-12(2)22-26(23,24)11-14-6-4-3-5-13(14)9-20-18-17-15(7-8-25-17)16(19)10-21-18/h3-8,10,12,22H,9,11H2,1-2H3,(H,20,21). The molecule has 0 saturated carbocycles. The molecule has 0 amide bonds. The van der Waals surface area contributed by atoms with E-state index in [1.165, 1.54) is 0 Å². The van der Waals surface area contributed by atoms with Crippen molar-refractivity contribution < 1.29 is 8.42 Å². The minimum absolute atomic E-state index is 0.0365. The van der Waals surface area contributed by atoms with E-state index in [1.807, 2.05) is 43.5 Å². The molecule has 0 unspecified atom stereocenters. The lowest BCUT2D eigenvalue weighted by Crippen LogP contribution is -2.31. The Hall–Kier alpha value is -1.48. The molecule has 3 rings (SSSR count). The molecule has 1 aromatic carbocycles. The molecule has 2 heterocycles. The van der Waals surface area contributed by atoms with E-state index in [1.54, 1.807) is 17.5 Å². The van der Waals surface area contributed by atoms with Crippen LogP contribution in [0.25, 0.3) is 10.1 Å². The van der Waals surface area contributed by atoms with Gasteiger partial charge in [0.05, 0.1) is 10.5 Å². The van der Waals surface area contributed by atoms with E-state index in [4.69, 9.17) is 0 Å². The zero-order valence-electron chi connectivity index (χ0n) is 14.5. The molecule has 5 nitrogen and oxygen atoms in total. The number of anilines is 1. The second-order valence-electron chi connectivity index (χ2n) is 6.27. The second kappa shape index (κ2) is 8.04. The largest absolute Gasteiger partial charge is 0.365 e. The molecule has 0 radical (unpaired) electrons. The molecule has 2 N–H and O–H groups in total. The van der Waals surface area contributed by atoms with Gasteiger partial charge in [0.15, 0.2) is 0 Å². The van der Waals surface area contributed by atoms with E-state index in [0.29, 0.717) is 6.54 Å². The number of halogens is 1. The number of hydrogen-bond donors (Lipinski definition) is 2. The van der Waals surface area contributed by atoms with Crippen LogP contribution in [0.4, 0.5) is 5.82 Å². The first kappa shape index (κ1) is 19.3. The predicted molar refractivity (Wildman–Crippen MR) is 112 cm³/mol. The average Bonchev–Trinajstić information content (AvgIpc) is 3.04. The number of fused-ring (bicyclic) bond motifs is 1. The minimum atomic E-state index is -3.37. The van der Waals surface area contributed by atoms with E-state index < -0.39 is 10.0 Å². The van der Waals surface area contributed by atoms with E-state index in [-0.39, 0.29) is 11.8 Å². The van der Waals surface area contributed by atoms with Crippen LogP contribution in [0, 0.1) is 0 Å². The summed E-state index contributed by atoms with van der Waals surface area (Å²) in [7, 11) is -3.37. The van der Waals surface area contributed by atoms with Crippen molar-refractivity contribution in [2.24, 2.45) is 0 Å². The summed E-state index contributed by atoms with van der Waals surface area (Å²) in [4.78, 5) is 4.46. The molecule has 0 atom stereocenters. The van der Waals surface area contributed by atoms with Gasteiger partial charge in [0.1, 0.15) is 5.82 Å². The number of thiophene rings is 1. The van der Waals surface area contributed by atoms with Crippen molar-refractivity contribution >= 4 is 53.2 Å². The highest BCUT2D eigenvalue weighted by Crippen LogP contribution is 2.32. The Balaban J connectivity index is 1.80. The quantitative estimate of drug-likeness (QED) is 0.552. The maximum Gasteiger partial charge on any atom is 0.216 e. The summed E-state index contributed by atoms with van der Waals surface area (Å²) in [5.74, 6) is 0.766. The van der Waals surface area contributed by atoms with Crippen LogP contribution >= 0.6 is 27.3 Å². The number of hydrogen-bond acceptors (Lipinski definition) is 5. The average molecular weight is 454 g/mol. The maximum atomic E-state index is 12.3. The molecular weight excluding hydrogens is 434 g/mol. The summed E-state index contributed by atoms with van der Waals surface area (Å²) >= 11 is 5.14. The van der Waals surface area contributed by atoms with Gasteiger partial charge in [-0.2, -0.15) is 0 Å². The van der Waals surface area contributed by atoms with E-state index in [9.17, 15) is 8.42 Å². The molecule has 2 aromatic heterocycles. The molecule has 0 saturated heterocycles.